The van der Waals surface area contributed by atoms with E-state index in [-0.39, 0.29) is 38.9 Å². The van der Waals surface area contributed by atoms with Gasteiger partial charge in [0.15, 0.2) is 29.8 Å². The monoisotopic (exact) mass is 766 g/mol. The molecule has 0 unspecified atom stereocenters. The second-order valence-corrected chi connectivity index (χ2v) is 16.5. The molecule has 0 aliphatic heterocycles. The van der Waals surface area contributed by atoms with Crippen LogP contribution >= 0.6 is 23.2 Å². The van der Waals surface area contributed by atoms with Crippen LogP contribution in [0.3, 0.4) is 0 Å². The van der Waals surface area contributed by atoms with Gasteiger partial charge in [-0.3, -0.25) is 0 Å². The average molecular weight is 768 g/mol. The van der Waals surface area contributed by atoms with Crippen LogP contribution in [0.5, 0.6) is 0 Å². The van der Waals surface area contributed by atoms with Crippen molar-refractivity contribution < 1.29 is 27.0 Å². The molecule has 6 rings (SSSR count). The maximum absolute atomic E-state index is 12.7. The molecule has 2 aliphatic carbocycles. The largest absolute Gasteiger partial charge is 0.370 e. The molecule has 50 heavy (non-hydrogen) atoms. The van der Waals surface area contributed by atoms with Crippen LogP contribution < -0.4 is 32.4 Å². The number of pyridine rings is 2. The van der Waals surface area contributed by atoms with E-state index in [4.69, 9.17) is 46.1 Å². The van der Waals surface area contributed by atoms with Crippen LogP contribution in [0.25, 0.3) is 21.5 Å². The van der Waals surface area contributed by atoms with E-state index < -0.39 is 31.9 Å². The fourth-order valence-electron chi connectivity index (χ4n) is 5.59. The Bertz CT molecular complexity index is 2240. The zero-order chi connectivity index (χ0) is 36.6. The molecular weight excluding hydrogens is 731 g/mol. The Morgan fingerprint density at radius 1 is 0.740 bits per heavy atom. The number of guanidine groups is 2. The van der Waals surface area contributed by atoms with E-state index >= 15 is 0 Å². The summed E-state index contributed by atoms with van der Waals surface area (Å²) in [6, 6.07) is 8.85. The molecule has 0 amide bonds. The number of aromatic nitrogens is 2. The molecule has 0 radical (unpaired) electrons. The van der Waals surface area contributed by atoms with E-state index in [0.717, 1.165) is 19.3 Å². The minimum atomic E-state index is -4.03. The van der Waals surface area contributed by atoms with Gasteiger partial charge in [-0.05, 0) is 69.7 Å². The molecule has 0 bridgehead atoms. The zero-order valence-electron chi connectivity index (χ0n) is 26.6. The van der Waals surface area contributed by atoms with Crippen LogP contribution in [0.15, 0.2) is 68.6 Å². The summed E-state index contributed by atoms with van der Waals surface area (Å²) >= 11 is 12.2. The zero-order valence-corrected chi connectivity index (χ0v) is 29.8. The van der Waals surface area contributed by atoms with E-state index in [2.05, 4.69) is 29.4 Å². The third-order valence-electron chi connectivity index (χ3n) is 8.58. The number of aliphatic hydroxyl groups excluding tert-OH is 1. The number of hydrogen-bond donors (Lipinski definition) is 8. The quantitative estimate of drug-likeness (QED) is 0.0692. The van der Waals surface area contributed by atoms with Crippen molar-refractivity contribution in [3.8, 4) is 0 Å². The number of rotatable bonds is 9. The first-order chi connectivity index (χ1) is 23.3. The van der Waals surface area contributed by atoms with E-state index in [0.29, 0.717) is 50.9 Å². The minimum absolute atomic E-state index is 0.0898. The molecule has 20 heteroatoms. The summed E-state index contributed by atoms with van der Waals surface area (Å²) in [6.45, 7) is 1.90. The van der Waals surface area contributed by atoms with Crippen molar-refractivity contribution in [2.75, 3.05) is 0 Å². The van der Waals surface area contributed by atoms with E-state index in [9.17, 15) is 27.0 Å². The lowest BCUT2D eigenvalue weighted by molar-refractivity contribution is -0.127. The summed E-state index contributed by atoms with van der Waals surface area (Å²) in [7, 11) is -7.69. The van der Waals surface area contributed by atoms with Crippen molar-refractivity contribution in [1.82, 2.24) is 19.4 Å². The number of sulfonamides is 2. The highest BCUT2D eigenvalue weighted by molar-refractivity contribution is 7.89. The lowest BCUT2D eigenvalue weighted by atomic mass is 9.77. The van der Waals surface area contributed by atoms with E-state index in [1.54, 1.807) is 6.07 Å². The number of aliphatic imine (C=N–C) groups is 2. The van der Waals surface area contributed by atoms with Crippen molar-refractivity contribution in [2.24, 2.45) is 32.9 Å². The van der Waals surface area contributed by atoms with Gasteiger partial charge in [-0.25, -0.2) is 31.5 Å². The molecule has 2 saturated carbocycles. The van der Waals surface area contributed by atoms with Crippen molar-refractivity contribution in [3.05, 3.63) is 58.8 Å². The smallest absolute Gasteiger partial charge is 0.241 e. The van der Waals surface area contributed by atoms with E-state index in [1.807, 2.05) is 6.92 Å². The number of halogens is 2. The third-order valence-corrected chi connectivity index (χ3v) is 12.4. The number of nitrogens with zero attached hydrogens (tertiary/aromatic N) is 4. The summed E-state index contributed by atoms with van der Waals surface area (Å²) in [5, 5.41) is 21.8. The highest BCUT2D eigenvalue weighted by Crippen LogP contribution is 2.38. The van der Waals surface area contributed by atoms with Crippen LogP contribution in [0.2, 0.25) is 10.0 Å². The molecule has 2 aromatic heterocycles. The molecule has 0 atom stereocenters. The highest BCUT2D eigenvalue weighted by atomic mass is 35.5. The Morgan fingerprint density at radius 3 is 1.50 bits per heavy atom. The van der Waals surface area contributed by atoms with Gasteiger partial charge in [0.25, 0.3) is 0 Å². The summed E-state index contributed by atoms with van der Waals surface area (Å²) in [5.74, 6) is -0.0490. The highest BCUT2D eigenvalue weighted by Gasteiger charge is 2.46. The number of fused-ring (bicyclic) bond motifs is 2. The van der Waals surface area contributed by atoms with Gasteiger partial charge >= 0.3 is 0 Å². The number of hydrogen-bond acceptors (Lipinski definition) is 10. The van der Waals surface area contributed by atoms with Crippen LogP contribution in [0.1, 0.15) is 45.4 Å². The molecule has 268 valence electrons. The molecular formula is C30H36Cl2N10O6S2. The Kier molecular flexibility index (Phi) is 10.5. The van der Waals surface area contributed by atoms with Crippen molar-refractivity contribution >= 4 is 88.3 Å². The summed E-state index contributed by atoms with van der Waals surface area (Å²) in [5.41, 5.74) is 19.9. The van der Waals surface area contributed by atoms with Crippen molar-refractivity contribution in [2.45, 2.75) is 72.6 Å². The van der Waals surface area contributed by atoms with Gasteiger partial charge in [-0.2, -0.15) is 14.7 Å². The molecule has 16 nitrogen and oxygen atoms in total. The number of aliphatic hydroxyl groups is 2. The van der Waals surface area contributed by atoms with Gasteiger partial charge in [-0.15, -0.1) is 0 Å². The van der Waals surface area contributed by atoms with Crippen molar-refractivity contribution in [3.63, 3.8) is 0 Å². The Morgan fingerprint density at radius 2 is 1.16 bits per heavy atom. The van der Waals surface area contributed by atoms with Gasteiger partial charge in [0.2, 0.25) is 20.0 Å². The molecule has 2 heterocycles. The van der Waals surface area contributed by atoms with Crippen LogP contribution in [-0.2, 0) is 20.0 Å². The number of benzene rings is 2. The summed E-state index contributed by atoms with van der Waals surface area (Å²) in [4.78, 5) is 16.0. The maximum Gasteiger partial charge on any atom is 0.241 e. The lowest BCUT2D eigenvalue weighted by Crippen LogP contribution is -2.60. The second-order valence-electron chi connectivity index (χ2n) is 12.4. The third kappa shape index (κ3) is 7.87. The van der Waals surface area contributed by atoms with Gasteiger partial charge in [0.1, 0.15) is 0 Å². The Hall–Kier alpha value is -3.88. The number of nitrogens with one attached hydrogen (secondary N) is 2. The fraction of sp³-hybridized carbons (Fsp3) is 0.333. The second kappa shape index (κ2) is 14.0. The van der Waals surface area contributed by atoms with Crippen molar-refractivity contribution in [1.29, 1.82) is 0 Å². The number of nitrogens with two attached hydrogens (primary N) is 4. The SMILES string of the molecule is CC1(NS(=O)(=O)c2ccc3c(Cl)cnc(N=C(N)N)c3c2)CCC1.NC(N)=Nc1ncc(Cl)c2ccc(S(=O)(=O)NC3(C(O)O)CCC3)cc12. The van der Waals surface area contributed by atoms with Gasteiger partial charge < -0.3 is 33.1 Å². The van der Waals surface area contributed by atoms with Gasteiger partial charge in [0.05, 0.1) is 25.4 Å². The minimum Gasteiger partial charge on any atom is -0.370 e. The van der Waals surface area contributed by atoms with Crippen LogP contribution in [0.4, 0.5) is 11.6 Å². The molecule has 0 spiro atoms. The molecule has 12 N–H and O–H groups in total. The van der Waals surface area contributed by atoms with Gasteiger partial charge in [0, 0.05) is 39.5 Å². The summed E-state index contributed by atoms with van der Waals surface area (Å²) in [6.07, 6.45) is 5.04. The Labute approximate surface area is 298 Å². The maximum atomic E-state index is 12.7. The van der Waals surface area contributed by atoms with Gasteiger partial charge in [-0.1, -0.05) is 35.3 Å². The standard InChI is InChI=1S/C15H18ClN5O4S.C15H18ClN5O2S/c16-11-7-19-12(20-14(17)18)10-6-8(2-3-9(10)11)26(24,25)21-15(13(22)23)4-1-5-15;1-15(5-2-6-15)21-24(22,23)9-3-4-10-11(7-9)13(20-14(17)18)19-8-12(10)16/h2-3,6-7,13,21-23H,1,4-5H2,(H4,17,18,19,20);3-4,7-8,21H,2,5-6H2,1H3,(H4,17,18,19,20). The summed E-state index contributed by atoms with van der Waals surface area (Å²) < 4.78 is 55.9. The molecule has 2 fully saturated rings. The normalized spacial score (nSPS) is 16.5. The first kappa shape index (κ1) is 37.4. The molecule has 2 aliphatic rings. The predicted octanol–water partition coefficient (Wildman–Crippen LogP) is 2.32. The average Bonchev–Trinajstić information content (AvgIpc) is 3.00. The lowest BCUT2D eigenvalue weighted by Gasteiger charge is -2.43. The van der Waals surface area contributed by atoms with Crippen LogP contribution in [-0.4, -0.2) is 66.3 Å². The van der Waals surface area contributed by atoms with Crippen LogP contribution in [0, 0.1) is 0 Å². The molecule has 4 aromatic rings. The van der Waals surface area contributed by atoms with E-state index in [1.165, 1.54) is 42.7 Å². The first-order valence-electron chi connectivity index (χ1n) is 15.1. The predicted molar refractivity (Wildman–Crippen MR) is 192 cm³/mol. The first-order valence-corrected chi connectivity index (χ1v) is 18.9. The molecule has 2 aromatic carbocycles. The molecule has 0 saturated heterocycles. The topological polar surface area (TPSA) is 287 Å². The Balaban J connectivity index is 0.000000195. The fourth-order valence-corrected chi connectivity index (χ4v) is 8.99.